The molecule has 108 valence electrons. The van der Waals surface area contributed by atoms with E-state index < -0.39 is 5.97 Å². The summed E-state index contributed by atoms with van der Waals surface area (Å²) in [7, 11) is 3.01. The number of hydrogen-bond acceptors (Lipinski definition) is 5. The van der Waals surface area contributed by atoms with Gasteiger partial charge in [-0.15, -0.1) is 0 Å². The van der Waals surface area contributed by atoms with Crippen molar-refractivity contribution in [1.82, 2.24) is 0 Å². The van der Waals surface area contributed by atoms with Gasteiger partial charge in [0.2, 0.25) is 0 Å². The van der Waals surface area contributed by atoms with Crippen LogP contribution in [0, 0.1) is 0 Å². The average molecular weight is 278 g/mol. The summed E-state index contributed by atoms with van der Waals surface area (Å²) in [4.78, 5) is 23.5. The quantitative estimate of drug-likeness (QED) is 0.454. The van der Waals surface area contributed by atoms with Crippen molar-refractivity contribution in [3.63, 3.8) is 0 Å². The van der Waals surface area contributed by atoms with Gasteiger partial charge in [-0.05, 0) is 38.1 Å². The lowest BCUT2D eigenvalue weighted by Gasteiger charge is -2.08. The third kappa shape index (κ3) is 3.85. The highest BCUT2D eigenvalue weighted by molar-refractivity contribution is 6.08. The highest BCUT2D eigenvalue weighted by atomic mass is 16.5. The first-order valence-electron chi connectivity index (χ1n) is 6.15. The second-order valence-corrected chi connectivity index (χ2v) is 3.98. The van der Waals surface area contributed by atoms with Crippen LogP contribution in [0.15, 0.2) is 29.8 Å². The predicted molar refractivity (Wildman–Crippen MR) is 74.3 cm³/mol. The van der Waals surface area contributed by atoms with Crippen LogP contribution >= 0.6 is 0 Å². The van der Waals surface area contributed by atoms with E-state index in [0.717, 1.165) is 0 Å². The third-order valence-electron chi connectivity index (χ3n) is 2.61. The highest BCUT2D eigenvalue weighted by Gasteiger charge is 2.12. The van der Waals surface area contributed by atoms with Crippen molar-refractivity contribution < 1.29 is 23.8 Å². The Balaban J connectivity index is 2.98. The van der Waals surface area contributed by atoms with Crippen molar-refractivity contribution in [3.8, 4) is 11.5 Å². The Morgan fingerprint density at radius 2 is 1.80 bits per heavy atom. The molecule has 0 aromatic heterocycles. The molecule has 0 aliphatic rings. The molecule has 0 heterocycles. The van der Waals surface area contributed by atoms with E-state index in [0.29, 0.717) is 17.1 Å². The lowest BCUT2D eigenvalue weighted by Crippen LogP contribution is -2.07. The van der Waals surface area contributed by atoms with Crippen molar-refractivity contribution >= 4 is 11.8 Å². The maximum Gasteiger partial charge on any atom is 0.333 e. The number of hydrogen-bond donors (Lipinski definition) is 0. The molecule has 20 heavy (non-hydrogen) atoms. The number of ketones is 1. The monoisotopic (exact) mass is 278 g/mol. The Bertz CT molecular complexity index is 531. The molecular formula is C15H18O5. The molecule has 0 unspecified atom stereocenters. The number of carbonyl (C=O) groups is 2. The van der Waals surface area contributed by atoms with Crippen molar-refractivity contribution in [2.45, 2.75) is 13.8 Å². The topological polar surface area (TPSA) is 61.8 Å². The first kappa shape index (κ1) is 15.8. The summed E-state index contributed by atoms with van der Waals surface area (Å²) >= 11 is 0. The summed E-state index contributed by atoms with van der Waals surface area (Å²) in [6, 6.07) is 4.81. The van der Waals surface area contributed by atoms with Gasteiger partial charge in [0.15, 0.2) is 17.3 Å². The fourth-order valence-corrected chi connectivity index (χ4v) is 1.57. The summed E-state index contributed by atoms with van der Waals surface area (Å²) in [6.45, 7) is 3.52. The van der Waals surface area contributed by atoms with E-state index >= 15 is 0 Å². The van der Waals surface area contributed by atoms with Gasteiger partial charge in [0.25, 0.3) is 0 Å². The molecule has 1 rings (SSSR count). The number of benzene rings is 1. The van der Waals surface area contributed by atoms with Crippen LogP contribution in [0.1, 0.15) is 24.2 Å². The molecule has 0 aliphatic carbocycles. The fraction of sp³-hybridized carbons (Fsp3) is 0.333. The first-order valence-corrected chi connectivity index (χ1v) is 6.15. The van der Waals surface area contributed by atoms with E-state index in [1.54, 1.807) is 25.1 Å². The van der Waals surface area contributed by atoms with Crippen LogP contribution in [0.4, 0.5) is 0 Å². The van der Waals surface area contributed by atoms with Crippen molar-refractivity contribution in [2.75, 3.05) is 20.8 Å². The number of carbonyl (C=O) groups excluding carboxylic acids is 2. The summed E-state index contributed by atoms with van der Waals surface area (Å²) in [6.07, 6.45) is 1.25. The zero-order valence-electron chi connectivity index (χ0n) is 12.1. The van der Waals surface area contributed by atoms with Crippen molar-refractivity contribution in [3.05, 3.63) is 35.4 Å². The van der Waals surface area contributed by atoms with Gasteiger partial charge >= 0.3 is 5.97 Å². The van der Waals surface area contributed by atoms with Gasteiger partial charge in [0.1, 0.15) is 0 Å². The molecule has 1 aromatic rings. The summed E-state index contributed by atoms with van der Waals surface area (Å²) < 4.78 is 15.0. The van der Waals surface area contributed by atoms with Gasteiger partial charge in [0, 0.05) is 11.1 Å². The Morgan fingerprint density at radius 3 is 2.35 bits per heavy atom. The summed E-state index contributed by atoms with van der Waals surface area (Å²) in [5.41, 5.74) is 0.665. The van der Waals surface area contributed by atoms with Crippen LogP contribution in [0.25, 0.3) is 0 Å². The molecule has 1 aromatic carbocycles. The van der Waals surface area contributed by atoms with Crippen LogP contribution in [-0.2, 0) is 9.53 Å². The normalized spacial score (nSPS) is 10.9. The van der Waals surface area contributed by atoms with Gasteiger partial charge in [-0.25, -0.2) is 4.79 Å². The molecule has 0 N–H and O–H groups in total. The molecule has 0 radical (unpaired) electrons. The molecule has 0 saturated heterocycles. The molecule has 0 bridgehead atoms. The van der Waals surface area contributed by atoms with E-state index in [9.17, 15) is 9.59 Å². The molecule has 5 nitrogen and oxygen atoms in total. The van der Waals surface area contributed by atoms with Gasteiger partial charge < -0.3 is 14.2 Å². The minimum Gasteiger partial charge on any atom is -0.493 e. The second kappa shape index (κ2) is 7.33. The van der Waals surface area contributed by atoms with Crippen LogP contribution < -0.4 is 9.47 Å². The largest absolute Gasteiger partial charge is 0.493 e. The maximum absolute atomic E-state index is 12.1. The molecule has 0 fully saturated rings. The second-order valence-electron chi connectivity index (χ2n) is 3.98. The zero-order valence-corrected chi connectivity index (χ0v) is 12.1. The van der Waals surface area contributed by atoms with E-state index in [1.807, 2.05) is 0 Å². The van der Waals surface area contributed by atoms with Crippen molar-refractivity contribution in [2.24, 2.45) is 0 Å². The van der Waals surface area contributed by atoms with E-state index in [2.05, 4.69) is 0 Å². The molecule has 0 amide bonds. The lowest BCUT2D eigenvalue weighted by molar-refractivity contribution is -0.138. The van der Waals surface area contributed by atoms with Gasteiger partial charge in [-0.1, -0.05) is 0 Å². The molecule has 5 heteroatoms. The number of rotatable bonds is 6. The Labute approximate surface area is 118 Å². The van der Waals surface area contributed by atoms with E-state index in [4.69, 9.17) is 14.2 Å². The summed E-state index contributed by atoms with van der Waals surface area (Å²) in [5.74, 6) is 0.202. The predicted octanol–water partition coefficient (Wildman–Crippen LogP) is 2.40. The Hall–Kier alpha value is -2.30. The molecule has 0 atom stereocenters. The average Bonchev–Trinajstić information content (AvgIpc) is 2.46. The number of allylic oxidation sites excluding steroid dienone is 1. The van der Waals surface area contributed by atoms with Crippen LogP contribution in [0.2, 0.25) is 0 Å². The first-order chi connectivity index (χ1) is 9.53. The minimum atomic E-state index is -0.499. The standard InChI is InChI=1S/C15H18O5/c1-5-20-15(17)10(2)8-12(16)11-6-7-13(18-3)14(9-11)19-4/h6-9H,5H2,1-4H3. The van der Waals surface area contributed by atoms with Gasteiger partial charge in [0.05, 0.1) is 20.8 Å². The Kier molecular flexibility index (Phi) is 5.77. The Morgan fingerprint density at radius 1 is 1.15 bits per heavy atom. The van der Waals surface area contributed by atoms with Crippen LogP contribution in [-0.4, -0.2) is 32.6 Å². The van der Waals surface area contributed by atoms with Gasteiger partial charge in [-0.3, -0.25) is 4.79 Å². The van der Waals surface area contributed by atoms with Crippen molar-refractivity contribution in [1.29, 1.82) is 0 Å². The molecule has 0 aliphatic heterocycles. The van der Waals surface area contributed by atoms with E-state index in [-0.39, 0.29) is 18.0 Å². The molecule has 0 spiro atoms. The molecular weight excluding hydrogens is 260 g/mol. The smallest absolute Gasteiger partial charge is 0.333 e. The van der Waals surface area contributed by atoms with E-state index in [1.165, 1.54) is 27.2 Å². The number of esters is 1. The third-order valence-corrected chi connectivity index (χ3v) is 2.61. The lowest BCUT2D eigenvalue weighted by atomic mass is 10.1. The molecule has 0 saturated carbocycles. The van der Waals surface area contributed by atoms with Gasteiger partial charge in [-0.2, -0.15) is 0 Å². The van der Waals surface area contributed by atoms with Crippen LogP contribution in [0.5, 0.6) is 11.5 Å². The number of methoxy groups -OCH3 is 2. The zero-order chi connectivity index (χ0) is 15.1. The SMILES string of the molecule is CCOC(=O)C(C)=CC(=O)c1ccc(OC)c(OC)c1. The maximum atomic E-state index is 12.1. The minimum absolute atomic E-state index is 0.256. The fourth-order valence-electron chi connectivity index (χ4n) is 1.57. The number of ether oxygens (including phenoxy) is 3. The summed E-state index contributed by atoms with van der Waals surface area (Å²) in [5, 5.41) is 0. The van der Waals surface area contributed by atoms with Crippen LogP contribution in [0.3, 0.4) is 0 Å². The highest BCUT2D eigenvalue weighted by Crippen LogP contribution is 2.27.